The van der Waals surface area contributed by atoms with E-state index in [2.05, 4.69) is 146 Å². The summed E-state index contributed by atoms with van der Waals surface area (Å²) >= 11 is 1.92. The van der Waals surface area contributed by atoms with Crippen molar-refractivity contribution < 1.29 is 0 Å². The van der Waals surface area contributed by atoms with Crippen molar-refractivity contribution in [3.05, 3.63) is 150 Å². The Morgan fingerprint density at radius 2 is 1.23 bits per heavy atom. The molecule has 1 aromatic heterocycles. The second-order valence-corrected chi connectivity index (χ2v) is 16.4. The molecule has 4 aliphatic rings. The average Bonchev–Trinajstić information content (AvgIpc) is 3.93. The number of thiophene rings is 1. The maximum atomic E-state index is 2.61. The molecule has 0 amide bonds. The largest absolute Gasteiger partial charge is 0.309 e. The van der Waals surface area contributed by atoms with Crippen LogP contribution in [0.5, 0.6) is 0 Å². The predicted octanol–water partition coefficient (Wildman–Crippen LogP) is 12.9. The van der Waals surface area contributed by atoms with Crippen LogP contribution in [0.2, 0.25) is 0 Å². The molecule has 0 radical (unpaired) electrons. The van der Waals surface area contributed by atoms with Gasteiger partial charge in [0.1, 0.15) is 0 Å². The van der Waals surface area contributed by atoms with Crippen LogP contribution in [0.4, 0.5) is 17.1 Å². The van der Waals surface area contributed by atoms with E-state index in [4.69, 9.17) is 0 Å². The Balaban J connectivity index is 1.17. The van der Waals surface area contributed by atoms with Crippen LogP contribution in [0.15, 0.2) is 127 Å². The van der Waals surface area contributed by atoms with Gasteiger partial charge >= 0.3 is 0 Å². The fourth-order valence-corrected chi connectivity index (χ4v) is 11.9. The van der Waals surface area contributed by atoms with Gasteiger partial charge in [0.15, 0.2) is 0 Å². The van der Waals surface area contributed by atoms with E-state index >= 15 is 0 Å². The summed E-state index contributed by atoms with van der Waals surface area (Å²) in [7, 11) is 0. The highest BCUT2D eigenvalue weighted by Crippen LogP contribution is 2.66. The molecule has 2 heteroatoms. The van der Waals surface area contributed by atoms with E-state index in [-0.39, 0.29) is 10.8 Å². The molecule has 7 aromatic rings. The summed E-state index contributed by atoms with van der Waals surface area (Å²) in [6, 6.07) is 48.9. The second kappa shape index (κ2) is 9.49. The number of nitrogens with zero attached hydrogens (tertiary/aromatic N) is 1. The van der Waals surface area contributed by atoms with Crippen molar-refractivity contribution >= 4 is 48.6 Å². The molecule has 11 rings (SSSR count). The zero-order valence-electron chi connectivity index (χ0n) is 27.5. The zero-order chi connectivity index (χ0) is 31.8. The van der Waals surface area contributed by atoms with Crippen LogP contribution in [-0.2, 0) is 10.8 Å². The number of rotatable bonds is 3. The van der Waals surface area contributed by atoms with Crippen molar-refractivity contribution in [2.45, 2.75) is 50.4 Å². The normalized spacial score (nSPS) is 22.3. The van der Waals surface area contributed by atoms with Gasteiger partial charge in [0, 0.05) is 37.7 Å². The summed E-state index contributed by atoms with van der Waals surface area (Å²) in [6.07, 6.45) is 5.43. The van der Waals surface area contributed by atoms with E-state index < -0.39 is 0 Å². The maximum absolute atomic E-state index is 2.61. The van der Waals surface area contributed by atoms with Crippen LogP contribution in [0, 0.1) is 11.8 Å². The van der Waals surface area contributed by atoms with Crippen LogP contribution in [0.1, 0.15) is 61.8 Å². The van der Waals surface area contributed by atoms with Gasteiger partial charge < -0.3 is 4.90 Å². The SMILES string of the molecule is CC1(C)c2ccccc2-c2ccc(N(c3ccc4c(c3)[C@@]3(C[C@@H]5CC[C@@H]3C5)c3ccccc3-4)c3cccc4c3sc3ccccc34)cc21. The lowest BCUT2D eigenvalue weighted by atomic mass is 9.67. The van der Waals surface area contributed by atoms with Gasteiger partial charge in [-0.05, 0) is 112 Å². The summed E-state index contributed by atoms with van der Waals surface area (Å²) in [5, 5.41) is 2.68. The molecule has 6 aromatic carbocycles. The highest BCUT2D eigenvalue weighted by Gasteiger charge is 2.56. The lowest BCUT2D eigenvalue weighted by molar-refractivity contribution is 0.327. The number of hydrogen-bond donors (Lipinski definition) is 0. The quantitative estimate of drug-likeness (QED) is 0.187. The fraction of sp³-hybridized carbons (Fsp3) is 0.217. The molecule has 0 aliphatic heterocycles. The molecule has 1 heterocycles. The minimum absolute atomic E-state index is 0.0655. The lowest BCUT2D eigenvalue weighted by Crippen LogP contribution is -2.32. The molecule has 1 nitrogen and oxygen atoms in total. The Kier molecular flexibility index (Phi) is 5.40. The van der Waals surface area contributed by atoms with Crippen molar-refractivity contribution in [2.24, 2.45) is 11.8 Å². The van der Waals surface area contributed by atoms with Crippen molar-refractivity contribution in [1.82, 2.24) is 0 Å². The smallest absolute Gasteiger partial charge is 0.0640 e. The van der Waals surface area contributed by atoms with Gasteiger partial charge in [-0.2, -0.15) is 0 Å². The summed E-state index contributed by atoms with van der Waals surface area (Å²) in [4.78, 5) is 2.58. The van der Waals surface area contributed by atoms with Crippen LogP contribution >= 0.6 is 11.3 Å². The van der Waals surface area contributed by atoms with Crippen molar-refractivity contribution in [3.8, 4) is 22.3 Å². The molecular weight excluding hydrogens is 599 g/mol. The number of anilines is 3. The Labute approximate surface area is 286 Å². The Hall–Kier alpha value is -4.66. The molecule has 2 fully saturated rings. The van der Waals surface area contributed by atoms with Gasteiger partial charge in [-0.25, -0.2) is 0 Å². The number of hydrogen-bond acceptors (Lipinski definition) is 2. The molecule has 1 spiro atoms. The Morgan fingerprint density at radius 3 is 2.00 bits per heavy atom. The molecule has 2 bridgehead atoms. The first kappa shape index (κ1) is 27.3. The van der Waals surface area contributed by atoms with Crippen LogP contribution in [-0.4, -0.2) is 0 Å². The highest BCUT2D eigenvalue weighted by atomic mass is 32.1. The molecular formula is C46H37NS. The number of fused-ring (bicyclic) bond motifs is 14. The van der Waals surface area contributed by atoms with E-state index in [1.807, 2.05) is 11.3 Å². The molecule has 0 saturated heterocycles. The van der Waals surface area contributed by atoms with Crippen molar-refractivity contribution in [2.75, 3.05) is 4.90 Å². The molecule has 48 heavy (non-hydrogen) atoms. The van der Waals surface area contributed by atoms with E-state index in [9.17, 15) is 0 Å². The summed E-state index contributed by atoms with van der Waals surface area (Å²) in [6.45, 7) is 4.79. The molecule has 3 atom stereocenters. The maximum Gasteiger partial charge on any atom is 0.0640 e. The third-order valence-corrected chi connectivity index (χ3v) is 13.9. The fourth-order valence-electron chi connectivity index (χ4n) is 10.7. The van der Waals surface area contributed by atoms with E-state index in [1.54, 1.807) is 11.1 Å². The Morgan fingerprint density at radius 1 is 0.583 bits per heavy atom. The first-order valence-corrected chi connectivity index (χ1v) is 18.5. The summed E-state index contributed by atoms with van der Waals surface area (Å²) < 4.78 is 2.69. The van der Waals surface area contributed by atoms with Crippen molar-refractivity contribution in [3.63, 3.8) is 0 Å². The molecule has 232 valence electrons. The van der Waals surface area contributed by atoms with Gasteiger partial charge in [0.2, 0.25) is 0 Å². The standard InChI is InChI=1S/C46H37NS/c1-45(2)38-14-6-3-10-32(38)34-22-20-30(25-40(34)45)47(42-16-9-13-37-36-12-5-8-17-43(36)48-44(37)42)31-21-23-35-33-11-4-7-15-39(33)46(41(35)26-31)27-28-18-19-29(46)24-28/h3-17,20-23,25-26,28-29H,18-19,24,27H2,1-2H3/t28-,29-,46-/m1/s1. The third kappa shape index (κ3) is 3.42. The van der Waals surface area contributed by atoms with Crippen LogP contribution in [0.3, 0.4) is 0 Å². The second-order valence-electron chi connectivity index (χ2n) is 15.3. The van der Waals surface area contributed by atoms with Crippen LogP contribution in [0.25, 0.3) is 42.4 Å². The van der Waals surface area contributed by atoms with E-state index in [1.165, 1.54) is 96.3 Å². The highest BCUT2D eigenvalue weighted by molar-refractivity contribution is 7.26. The minimum atomic E-state index is -0.0655. The van der Waals surface area contributed by atoms with Crippen molar-refractivity contribution in [1.29, 1.82) is 0 Å². The first-order valence-electron chi connectivity index (χ1n) is 17.7. The lowest BCUT2D eigenvalue weighted by Gasteiger charge is -2.37. The van der Waals surface area contributed by atoms with E-state index in [0.29, 0.717) is 0 Å². The summed E-state index contributed by atoms with van der Waals surface area (Å²) in [5.74, 6) is 1.58. The molecule has 0 N–H and O–H groups in total. The van der Waals surface area contributed by atoms with Crippen LogP contribution < -0.4 is 4.90 Å². The minimum Gasteiger partial charge on any atom is -0.309 e. The van der Waals surface area contributed by atoms with Gasteiger partial charge in [0.05, 0.1) is 10.4 Å². The first-order chi connectivity index (χ1) is 23.5. The van der Waals surface area contributed by atoms with Gasteiger partial charge in [-0.15, -0.1) is 11.3 Å². The Bertz CT molecular complexity index is 2480. The summed E-state index contributed by atoms with van der Waals surface area (Å²) in [5.41, 5.74) is 15.5. The van der Waals surface area contributed by atoms with Gasteiger partial charge in [-0.3, -0.25) is 0 Å². The molecule has 2 saturated carbocycles. The number of benzene rings is 6. The monoisotopic (exact) mass is 635 g/mol. The topological polar surface area (TPSA) is 3.24 Å². The zero-order valence-corrected chi connectivity index (χ0v) is 28.3. The molecule has 0 unspecified atom stereocenters. The van der Waals surface area contributed by atoms with Gasteiger partial charge in [0.25, 0.3) is 0 Å². The third-order valence-electron chi connectivity index (χ3n) is 12.7. The van der Waals surface area contributed by atoms with Gasteiger partial charge in [-0.1, -0.05) is 111 Å². The average molecular weight is 636 g/mol. The van der Waals surface area contributed by atoms with E-state index in [0.717, 1.165) is 11.8 Å². The predicted molar refractivity (Wildman–Crippen MR) is 203 cm³/mol. The molecule has 4 aliphatic carbocycles.